The average molecular weight is 467 g/mol. The minimum atomic E-state index is -4.01. The van der Waals surface area contributed by atoms with E-state index in [2.05, 4.69) is 0 Å². The minimum Gasteiger partial charge on any atom is -0.322 e. The molecular formula is C23H19ClF2N2O4. The van der Waals surface area contributed by atoms with Crippen molar-refractivity contribution in [3.63, 3.8) is 0 Å². The summed E-state index contributed by atoms with van der Waals surface area (Å²) in [6.07, 6.45) is -9.10. The third-order valence-electron chi connectivity index (χ3n) is 5.01. The number of fused-ring (bicyclic) bond motifs is 1. The van der Waals surface area contributed by atoms with Crippen LogP contribution in [-0.4, -0.2) is 34.4 Å². The maximum atomic E-state index is 14.7. The molecule has 0 aliphatic carbocycles. The van der Waals surface area contributed by atoms with E-state index in [1.807, 2.05) is 0 Å². The van der Waals surface area contributed by atoms with Crippen LogP contribution in [0.1, 0.15) is 54.5 Å². The molecule has 0 saturated carbocycles. The summed E-state index contributed by atoms with van der Waals surface area (Å²) in [5.41, 5.74) is -0.914. The number of amides is 3. The van der Waals surface area contributed by atoms with Crippen molar-refractivity contribution < 1.29 is 36.2 Å². The molecule has 2 aromatic carbocycles. The van der Waals surface area contributed by atoms with Gasteiger partial charge in [-0.2, -0.15) is 8.78 Å². The maximum absolute atomic E-state index is 14.7. The van der Waals surface area contributed by atoms with Crippen LogP contribution in [0.2, 0.25) is 5.02 Å². The number of carbonyl (C=O) groups is 4. The Morgan fingerprint density at radius 3 is 2.69 bits per heavy atom. The Morgan fingerprint density at radius 1 is 1.25 bits per heavy atom. The summed E-state index contributed by atoms with van der Waals surface area (Å²) in [5.74, 6) is -9.43. The topological polar surface area (TPSA) is 83.6 Å². The number of hydrogen-bond acceptors (Lipinski definition) is 4. The molecule has 166 valence electrons. The van der Waals surface area contributed by atoms with Gasteiger partial charge in [-0.3, -0.25) is 24.5 Å². The van der Waals surface area contributed by atoms with Crippen LogP contribution in [-0.2, 0) is 33.2 Å². The van der Waals surface area contributed by atoms with Crippen molar-refractivity contribution in [1.82, 2.24) is 10.2 Å². The maximum Gasteiger partial charge on any atom is 0.330 e. The Hall–Kier alpha value is -3.13. The molecule has 0 bridgehead atoms. The number of halogens is 3. The molecule has 1 N–H and O–H groups in total. The zero-order valence-electron chi connectivity index (χ0n) is 22.2. The van der Waals surface area contributed by atoms with Gasteiger partial charge in [0.1, 0.15) is 6.02 Å². The van der Waals surface area contributed by atoms with Gasteiger partial charge >= 0.3 is 5.92 Å². The van der Waals surface area contributed by atoms with Crippen LogP contribution in [0.25, 0.3) is 0 Å². The summed E-state index contributed by atoms with van der Waals surface area (Å²) >= 11 is 5.69. The van der Waals surface area contributed by atoms with E-state index in [4.69, 9.17) is 19.8 Å². The molecule has 2 heterocycles. The lowest BCUT2D eigenvalue weighted by molar-refractivity contribution is -0.144. The Morgan fingerprint density at radius 2 is 1.97 bits per heavy atom. The Kier molecular flexibility index (Phi) is 4.12. The first kappa shape index (κ1) is 15.6. The Bertz CT molecular complexity index is 1370. The molecule has 0 aromatic heterocycles. The number of ketones is 1. The molecule has 32 heavy (non-hydrogen) atoms. The molecule has 1 fully saturated rings. The third kappa shape index (κ3) is 4.14. The van der Waals surface area contributed by atoms with Gasteiger partial charge in [0, 0.05) is 42.3 Å². The first-order valence-electron chi connectivity index (χ1n) is 12.4. The van der Waals surface area contributed by atoms with Crippen molar-refractivity contribution in [3.8, 4) is 0 Å². The number of carbonyl (C=O) groups excluding carboxylic acids is 4. The van der Waals surface area contributed by atoms with E-state index in [1.165, 1.54) is 12.1 Å². The standard InChI is InChI=1S/C23H19ClF2N2O4/c24-16-5-3-15(4-6-16)23(25,26)19(29)9-2-13-1-7-17-14(11-13)12-28(22(17)32)18-8-10-20(30)27-21(18)31/h1,3-7,11,18H,2,8-10,12H2,(H,27,30,31)/t18-/m0/s1/i2D2,8D,10D2,18D/t8?,18-. The first-order valence-corrected chi connectivity index (χ1v) is 9.72. The number of hydrogen-bond donors (Lipinski definition) is 1. The van der Waals surface area contributed by atoms with Crippen molar-refractivity contribution >= 4 is 35.1 Å². The molecule has 2 aromatic rings. The van der Waals surface area contributed by atoms with E-state index in [-0.39, 0.29) is 21.7 Å². The van der Waals surface area contributed by atoms with Gasteiger partial charge in [0.05, 0.1) is 1.37 Å². The molecule has 2 aliphatic rings. The van der Waals surface area contributed by atoms with Gasteiger partial charge in [-0.1, -0.05) is 35.9 Å². The molecule has 1 unspecified atom stereocenters. The first-order chi connectivity index (χ1) is 17.4. The number of benzene rings is 2. The third-order valence-corrected chi connectivity index (χ3v) is 5.26. The van der Waals surface area contributed by atoms with Crippen molar-refractivity contribution in [2.24, 2.45) is 0 Å². The minimum absolute atomic E-state index is 0.0670. The van der Waals surface area contributed by atoms with Gasteiger partial charge in [0.25, 0.3) is 5.91 Å². The van der Waals surface area contributed by atoms with Crippen molar-refractivity contribution in [2.75, 3.05) is 0 Å². The predicted molar refractivity (Wildman–Crippen MR) is 111 cm³/mol. The van der Waals surface area contributed by atoms with Crippen LogP contribution in [0.4, 0.5) is 8.78 Å². The average Bonchev–Trinajstić information content (AvgIpc) is 3.18. The van der Waals surface area contributed by atoms with E-state index in [1.54, 1.807) is 5.32 Å². The number of aryl methyl sites for hydroxylation is 1. The fourth-order valence-corrected chi connectivity index (χ4v) is 3.47. The van der Waals surface area contributed by atoms with E-state index in [0.29, 0.717) is 4.90 Å². The van der Waals surface area contributed by atoms with Crippen LogP contribution in [0.3, 0.4) is 0 Å². The van der Waals surface area contributed by atoms with E-state index in [9.17, 15) is 28.0 Å². The number of imide groups is 1. The second kappa shape index (κ2) is 8.43. The summed E-state index contributed by atoms with van der Waals surface area (Å²) in [6, 6.07) is 4.79. The van der Waals surface area contributed by atoms with Gasteiger partial charge < -0.3 is 4.90 Å². The molecule has 3 amide bonds. The number of alkyl halides is 2. The molecule has 0 radical (unpaired) electrons. The largest absolute Gasteiger partial charge is 0.330 e. The summed E-state index contributed by atoms with van der Waals surface area (Å²) in [6.45, 7) is -0.524. The second-order valence-corrected chi connectivity index (χ2v) is 7.51. The highest BCUT2D eigenvalue weighted by atomic mass is 35.5. The molecule has 9 heteroatoms. The summed E-state index contributed by atoms with van der Waals surface area (Å²) < 4.78 is 78.2. The fourth-order valence-electron chi connectivity index (χ4n) is 3.34. The Balaban J connectivity index is 1.60. The van der Waals surface area contributed by atoms with Crippen molar-refractivity contribution in [2.45, 2.75) is 44.0 Å². The molecule has 4 rings (SSSR count). The van der Waals surface area contributed by atoms with Crippen LogP contribution >= 0.6 is 11.6 Å². The van der Waals surface area contributed by atoms with Crippen LogP contribution in [0, 0.1) is 0 Å². The molecule has 0 spiro atoms. The van der Waals surface area contributed by atoms with Crippen molar-refractivity contribution in [3.05, 3.63) is 69.7 Å². The zero-order valence-corrected chi connectivity index (χ0v) is 17.0. The molecule has 2 aliphatic heterocycles. The lowest BCUT2D eigenvalue weighted by atomic mass is 9.97. The monoisotopic (exact) mass is 466 g/mol. The van der Waals surface area contributed by atoms with E-state index < -0.39 is 73.1 Å². The molecule has 1 saturated heterocycles. The fraction of sp³-hybridized carbons (Fsp3) is 0.304. The summed E-state index contributed by atoms with van der Waals surface area (Å²) in [7, 11) is 0. The normalized spacial score (nSPS) is 27.9. The molecule has 6 nitrogen and oxygen atoms in total. The number of piperidine rings is 1. The van der Waals surface area contributed by atoms with E-state index >= 15 is 0 Å². The highest BCUT2D eigenvalue weighted by Crippen LogP contribution is 2.32. The van der Waals surface area contributed by atoms with Gasteiger partial charge in [-0.05, 0) is 42.1 Å². The quantitative estimate of drug-likeness (QED) is 0.661. The Labute approximate surface area is 196 Å². The van der Waals surface area contributed by atoms with Crippen LogP contribution in [0.15, 0.2) is 42.5 Å². The number of nitrogens with zero attached hydrogens (tertiary/aromatic N) is 1. The zero-order chi connectivity index (χ0) is 28.4. The lowest BCUT2D eigenvalue weighted by Crippen LogP contribution is -2.52. The lowest BCUT2D eigenvalue weighted by Gasteiger charge is -2.29. The van der Waals surface area contributed by atoms with Gasteiger partial charge in [-0.15, -0.1) is 0 Å². The number of nitrogens with one attached hydrogen (secondary N) is 1. The van der Waals surface area contributed by atoms with Crippen molar-refractivity contribution in [1.29, 1.82) is 0 Å². The summed E-state index contributed by atoms with van der Waals surface area (Å²) in [5, 5.41) is 1.85. The van der Waals surface area contributed by atoms with Crippen LogP contribution in [0.5, 0.6) is 0 Å². The summed E-state index contributed by atoms with van der Waals surface area (Å²) in [4.78, 5) is 50.4. The van der Waals surface area contributed by atoms with Gasteiger partial charge in [0.15, 0.2) is 0 Å². The molecule has 2 atom stereocenters. The van der Waals surface area contributed by atoms with Gasteiger partial charge in [-0.25, -0.2) is 0 Å². The van der Waals surface area contributed by atoms with E-state index in [0.717, 1.165) is 30.3 Å². The van der Waals surface area contributed by atoms with Gasteiger partial charge in [0.2, 0.25) is 17.6 Å². The van der Waals surface area contributed by atoms with Crippen LogP contribution < -0.4 is 5.32 Å². The number of rotatable bonds is 6. The smallest absolute Gasteiger partial charge is 0.322 e. The SMILES string of the molecule is [2H]C1C([2H])([2H])C(=O)NC(=O)[C@@]1([2H])N1Cc2cc(C([2H])([2H])CC(=O)C(F)(F)c3ccc(Cl)cc3)ccc2C1=O. The highest BCUT2D eigenvalue weighted by molar-refractivity contribution is 6.30. The molecular weight excluding hydrogens is 442 g/mol. The number of Topliss-reactive ketones (excluding diaryl/α,β-unsaturated/α-hetero) is 1. The highest BCUT2D eigenvalue weighted by Gasteiger charge is 2.41. The second-order valence-electron chi connectivity index (χ2n) is 7.08. The predicted octanol–water partition coefficient (Wildman–Crippen LogP) is 3.39.